The number of hydrogen-bond acceptors (Lipinski definition) is 2. The molecule has 1 N–H and O–H groups in total. The van der Waals surface area contributed by atoms with Crippen LogP contribution in [0, 0.1) is 5.82 Å². The van der Waals surface area contributed by atoms with E-state index in [2.05, 4.69) is 5.32 Å². The normalized spacial score (nSPS) is 22.3. The molecule has 0 saturated carbocycles. The molecule has 1 saturated heterocycles. The van der Waals surface area contributed by atoms with E-state index < -0.39 is 0 Å². The second kappa shape index (κ2) is 5.39. The first-order chi connectivity index (χ1) is 7.72. The molecule has 0 amide bonds. The molecule has 4 heteroatoms. The summed E-state index contributed by atoms with van der Waals surface area (Å²) >= 11 is 7.68. The molecule has 1 fully saturated rings. The van der Waals surface area contributed by atoms with E-state index in [1.165, 1.54) is 18.2 Å². The van der Waals surface area contributed by atoms with Gasteiger partial charge in [0.2, 0.25) is 0 Å². The lowest BCUT2D eigenvalue weighted by Gasteiger charge is -2.23. The average Bonchev–Trinajstić information content (AvgIpc) is 2.75. The fourth-order valence-electron chi connectivity index (χ4n) is 2.16. The van der Waals surface area contributed by atoms with Crippen LogP contribution >= 0.6 is 23.4 Å². The van der Waals surface area contributed by atoms with E-state index in [1.54, 1.807) is 12.1 Å². The number of benzene rings is 1. The molecule has 1 nitrogen and oxygen atoms in total. The Labute approximate surface area is 105 Å². The van der Waals surface area contributed by atoms with Crippen molar-refractivity contribution < 1.29 is 4.39 Å². The number of thioether (sulfide) groups is 1. The van der Waals surface area contributed by atoms with Crippen molar-refractivity contribution in [3.05, 3.63) is 34.6 Å². The van der Waals surface area contributed by atoms with Crippen molar-refractivity contribution in [1.82, 2.24) is 5.32 Å². The second-order valence-electron chi connectivity index (χ2n) is 3.98. The van der Waals surface area contributed by atoms with Gasteiger partial charge in [0.05, 0.1) is 0 Å². The molecule has 1 aromatic rings. The minimum Gasteiger partial charge on any atom is -0.312 e. The van der Waals surface area contributed by atoms with Crippen LogP contribution in [0.25, 0.3) is 0 Å². The van der Waals surface area contributed by atoms with Crippen molar-refractivity contribution in [1.29, 1.82) is 0 Å². The van der Waals surface area contributed by atoms with Gasteiger partial charge in [0, 0.05) is 21.9 Å². The molecule has 1 heterocycles. The standard InChI is InChI=1S/C12H15ClFNS/c1-15-12(11-3-2-6-16-11)9-5-4-8(13)7-10(9)14/h4-5,7,11-12,15H,2-3,6H2,1H3. The molecular weight excluding hydrogens is 245 g/mol. The van der Waals surface area contributed by atoms with Crippen LogP contribution in [-0.4, -0.2) is 18.1 Å². The predicted molar refractivity (Wildman–Crippen MR) is 68.7 cm³/mol. The molecule has 0 aromatic heterocycles. The zero-order valence-corrected chi connectivity index (χ0v) is 10.7. The lowest BCUT2D eigenvalue weighted by Crippen LogP contribution is -2.26. The SMILES string of the molecule is CNC(c1ccc(Cl)cc1F)C1CCCS1. The third-order valence-corrected chi connectivity index (χ3v) is 4.64. The maximum Gasteiger partial charge on any atom is 0.129 e. The lowest BCUT2D eigenvalue weighted by atomic mass is 10.0. The zero-order valence-electron chi connectivity index (χ0n) is 9.17. The molecule has 0 spiro atoms. The predicted octanol–water partition coefficient (Wildman–Crippen LogP) is 3.64. The molecule has 88 valence electrons. The van der Waals surface area contributed by atoms with Gasteiger partial charge in [-0.15, -0.1) is 0 Å². The minimum atomic E-state index is -0.209. The Morgan fingerprint density at radius 2 is 2.38 bits per heavy atom. The van der Waals surface area contributed by atoms with E-state index in [-0.39, 0.29) is 11.9 Å². The first-order valence-electron chi connectivity index (χ1n) is 5.46. The smallest absolute Gasteiger partial charge is 0.129 e. The third kappa shape index (κ3) is 2.53. The molecule has 1 aliphatic rings. The highest BCUT2D eigenvalue weighted by atomic mass is 35.5. The Morgan fingerprint density at radius 3 is 2.94 bits per heavy atom. The Balaban J connectivity index is 2.25. The van der Waals surface area contributed by atoms with E-state index in [4.69, 9.17) is 11.6 Å². The summed E-state index contributed by atoms with van der Waals surface area (Å²) in [6.07, 6.45) is 2.38. The fourth-order valence-corrected chi connectivity index (χ4v) is 3.76. The monoisotopic (exact) mass is 259 g/mol. The van der Waals surface area contributed by atoms with E-state index in [1.807, 2.05) is 18.8 Å². The largest absolute Gasteiger partial charge is 0.312 e. The summed E-state index contributed by atoms with van der Waals surface area (Å²) < 4.78 is 13.8. The Kier molecular flexibility index (Phi) is 4.11. The molecule has 1 aliphatic heterocycles. The van der Waals surface area contributed by atoms with Gasteiger partial charge in [-0.05, 0) is 37.8 Å². The number of hydrogen-bond donors (Lipinski definition) is 1. The van der Waals surface area contributed by atoms with Gasteiger partial charge in [-0.25, -0.2) is 4.39 Å². The van der Waals surface area contributed by atoms with Crippen molar-refractivity contribution in [2.24, 2.45) is 0 Å². The molecule has 1 aromatic carbocycles. The summed E-state index contributed by atoms with van der Waals surface area (Å²) in [7, 11) is 1.89. The van der Waals surface area contributed by atoms with Crippen LogP contribution in [0.1, 0.15) is 24.4 Å². The molecule has 0 radical (unpaired) electrons. The van der Waals surface area contributed by atoms with Crippen LogP contribution < -0.4 is 5.32 Å². The molecule has 16 heavy (non-hydrogen) atoms. The molecule has 2 atom stereocenters. The van der Waals surface area contributed by atoms with Gasteiger partial charge < -0.3 is 5.32 Å². The van der Waals surface area contributed by atoms with Crippen molar-refractivity contribution in [3.63, 3.8) is 0 Å². The topological polar surface area (TPSA) is 12.0 Å². The van der Waals surface area contributed by atoms with Gasteiger partial charge in [-0.3, -0.25) is 0 Å². The van der Waals surface area contributed by atoms with Gasteiger partial charge in [0.25, 0.3) is 0 Å². The van der Waals surface area contributed by atoms with Crippen molar-refractivity contribution in [2.45, 2.75) is 24.1 Å². The van der Waals surface area contributed by atoms with Gasteiger partial charge in [-0.2, -0.15) is 11.8 Å². The van der Waals surface area contributed by atoms with Crippen LogP contribution in [0.15, 0.2) is 18.2 Å². The first kappa shape index (κ1) is 12.2. The van der Waals surface area contributed by atoms with Crippen LogP contribution in [0.4, 0.5) is 4.39 Å². The van der Waals surface area contributed by atoms with E-state index in [9.17, 15) is 4.39 Å². The molecule has 2 unspecified atom stereocenters. The van der Waals surface area contributed by atoms with Gasteiger partial charge in [0.15, 0.2) is 0 Å². The second-order valence-corrected chi connectivity index (χ2v) is 5.77. The van der Waals surface area contributed by atoms with Crippen LogP contribution in [-0.2, 0) is 0 Å². The summed E-state index contributed by atoms with van der Waals surface area (Å²) in [6.45, 7) is 0. The first-order valence-corrected chi connectivity index (χ1v) is 6.89. The molecule has 0 aliphatic carbocycles. The molecule has 0 bridgehead atoms. The highest BCUT2D eigenvalue weighted by Crippen LogP contribution is 2.36. The average molecular weight is 260 g/mol. The van der Waals surface area contributed by atoms with Gasteiger partial charge in [-0.1, -0.05) is 17.7 Å². The molecular formula is C12H15ClFNS. The summed E-state index contributed by atoms with van der Waals surface area (Å²) in [6, 6.07) is 5.02. The lowest BCUT2D eigenvalue weighted by molar-refractivity contribution is 0.512. The maximum absolute atomic E-state index is 13.8. The van der Waals surface area contributed by atoms with E-state index in [0.29, 0.717) is 10.3 Å². The highest BCUT2D eigenvalue weighted by molar-refractivity contribution is 8.00. The molecule has 2 rings (SSSR count). The minimum absolute atomic E-state index is 0.0877. The maximum atomic E-state index is 13.8. The highest BCUT2D eigenvalue weighted by Gasteiger charge is 2.27. The van der Waals surface area contributed by atoms with Crippen molar-refractivity contribution >= 4 is 23.4 Å². The van der Waals surface area contributed by atoms with E-state index in [0.717, 1.165) is 12.0 Å². The van der Waals surface area contributed by atoms with Crippen LogP contribution in [0.2, 0.25) is 5.02 Å². The number of halogens is 2. The van der Waals surface area contributed by atoms with Gasteiger partial charge >= 0.3 is 0 Å². The quantitative estimate of drug-likeness (QED) is 0.890. The summed E-state index contributed by atoms with van der Waals surface area (Å²) in [4.78, 5) is 0. The van der Waals surface area contributed by atoms with E-state index >= 15 is 0 Å². The zero-order chi connectivity index (χ0) is 11.5. The third-order valence-electron chi connectivity index (χ3n) is 2.95. The Hall–Kier alpha value is -0.250. The van der Waals surface area contributed by atoms with Crippen LogP contribution in [0.5, 0.6) is 0 Å². The number of nitrogens with one attached hydrogen (secondary N) is 1. The number of rotatable bonds is 3. The van der Waals surface area contributed by atoms with Gasteiger partial charge in [0.1, 0.15) is 5.82 Å². The summed E-state index contributed by atoms with van der Waals surface area (Å²) in [5, 5.41) is 4.14. The van der Waals surface area contributed by atoms with Crippen molar-refractivity contribution in [3.8, 4) is 0 Å². The Morgan fingerprint density at radius 1 is 1.56 bits per heavy atom. The summed E-state index contributed by atoms with van der Waals surface area (Å²) in [5.74, 6) is 0.970. The Bertz CT molecular complexity index is 366. The van der Waals surface area contributed by atoms with Crippen LogP contribution in [0.3, 0.4) is 0 Å². The fraction of sp³-hybridized carbons (Fsp3) is 0.500. The van der Waals surface area contributed by atoms with Crippen molar-refractivity contribution in [2.75, 3.05) is 12.8 Å². The summed E-state index contributed by atoms with van der Waals surface area (Å²) in [5.41, 5.74) is 0.728.